The van der Waals surface area contributed by atoms with Crippen molar-refractivity contribution < 1.29 is 18.2 Å². The molecule has 2 heterocycles. The maximum atomic E-state index is 11.2. The molecule has 0 amide bonds. The first kappa shape index (κ1) is 13.3. The molecule has 100 valence electrons. The van der Waals surface area contributed by atoms with Crippen molar-refractivity contribution in [2.24, 2.45) is 0 Å². The normalized spacial score (nSPS) is 23.8. The molecule has 2 rings (SSSR count). The molecule has 0 radical (unpaired) electrons. The van der Waals surface area contributed by atoms with Gasteiger partial charge in [-0.15, -0.1) is 0 Å². The zero-order chi connectivity index (χ0) is 13.0. The van der Waals surface area contributed by atoms with Crippen molar-refractivity contribution in [1.82, 2.24) is 5.32 Å². The molecule has 0 spiro atoms. The molecule has 0 bridgehead atoms. The van der Waals surface area contributed by atoms with Crippen LogP contribution in [0.5, 0.6) is 0 Å². The smallest absolute Gasteiger partial charge is 0.341 e. The Morgan fingerprint density at radius 2 is 2.28 bits per heavy atom. The largest absolute Gasteiger partial charge is 0.467 e. The van der Waals surface area contributed by atoms with Crippen LogP contribution in [0.1, 0.15) is 29.0 Å². The summed E-state index contributed by atoms with van der Waals surface area (Å²) in [6.45, 7) is 0.578. The van der Waals surface area contributed by atoms with E-state index < -0.39 is 16.8 Å². The van der Waals surface area contributed by atoms with Crippen LogP contribution in [0.3, 0.4) is 0 Å². The van der Waals surface area contributed by atoms with Crippen LogP contribution in [-0.4, -0.2) is 34.8 Å². The molecule has 0 atom stereocenters. The molecule has 5 nitrogen and oxygen atoms in total. The number of ether oxygens (including phenoxy) is 1. The number of furan rings is 1. The summed E-state index contributed by atoms with van der Waals surface area (Å²) in [6, 6.07) is 2.06. The van der Waals surface area contributed by atoms with Gasteiger partial charge in [0.25, 0.3) is 0 Å². The molecule has 1 aliphatic heterocycles. The van der Waals surface area contributed by atoms with Gasteiger partial charge >= 0.3 is 5.97 Å². The molecule has 0 unspecified atom stereocenters. The second kappa shape index (κ2) is 6.15. The van der Waals surface area contributed by atoms with Crippen molar-refractivity contribution >= 4 is 16.8 Å². The van der Waals surface area contributed by atoms with Crippen molar-refractivity contribution in [3.8, 4) is 0 Å². The second-order valence-electron chi connectivity index (χ2n) is 4.30. The van der Waals surface area contributed by atoms with Crippen molar-refractivity contribution in [2.75, 3.05) is 18.6 Å². The van der Waals surface area contributed by atoms with E-state index in [4.69, 9.17) is 4.42 Å². The minimum absolute atomic E-state index is 0.384. The van der Waals surface area contributed by atoms with E-state index in [1.165, 1.54) is 13.4 Å². The number of methoxy groups -OCH3 is 1. The number of esters is 1. The van der Waals surface area contributed by atoms with Gasteiger partial charge in [0.15, 0.2) is 0 Å². The standard InChI is InChI=1S/C12H17NO4S/c1-16-12(14)9-6-11(17-8-9)7-13-10-2-4-18(15)5-3-10/h6,8,10,13H,2-5,7H2,1H3. The highest BCUT2D eigenvalue weighted by Gasteiger charge is 2.18. The van der Waals surface area contributed by atoms with Crippen LogP contribution in [0.15, 0.2) is 16.7 Å². The first-order chi connectivity index (χ1) is 8.69. The number of carbonyl (C=O) groups is 1. The van der Waals surface area contributed by atoms with Gasteiger partial charge in [-0.05, 0) is 18.9 Å². The van der Waals surface area contributed by atoms with Crippen LogP contribution in [0.25, 0.3) is 0 Å². The summed E-state index contributed by atoms with van der Waals surface area (Å²) in [5.74, 6) is 1.85. The van der Waals surface area contributed by atoms with E-state index >= 15 is 0 Å². The summed E-state index contributed by atoms with van der Waals surface area (Å²) in [5, 5.41) is 3.35. The molecule has 6 heteroatoms. The summed E-state index contributed by atoms with van der Waals surface area (Å²) >= 11 is 0. The molecule has 1 fully saturated rings. The van der Waals surface area contributed by atoms with Gasteiger partial charge in [0.1, 0.15) is 12.0 Å². The topological polar surface area (TPSA) is 68.5 Å². The van der Waals surface area contributed by atoms with E-state index in [9.17, 15) is 9.00 Å². The summed E-state index contributed by atoms with van der Waals surface area (Å²) in [4.78, 5) is 11.2. The van der Waals surface area contributed by atoms with E-state index in [-0.39, 0.29) is 0 Å². The SMILES string of the molecule is COC(=O)c1coc(CNC2CCS(=O)CC2)c1. The highest BCUT2D eigenvalue weighted by molar-refractivity contribution is 7.85. The Kier molecular flexibility index (Phi) is 4.54. The van der Waals surface area contributed by atoms with E-state index in [1.807, 2.05) is 0 Å². The quantitative estimate of drug-likeness (QED) is 0.830. The summed E-state index contributed by atoms with van der Waals surface area (Å²) in [7, 11) is 0.706. The Balaban J connectivity index is 1.81. The molecular weight excluding hydrogens is 254 g/mol. The van der Waals surface area contributed by atoms with Gasteiger partial charge in [0, 0.05) is 28.3 Å². The fourth-order valence-corrected chi connectivity index (χ4v) is 3.24. The molecule has 0 saturated carbocycles. The Labute approximate surface area is 108 Å². The van der Waals surface area contributed by atoms with Gasteiger partial charge in [-0.3, -0.25) is 4.21 Å². The molecular formula is C12H17NO4S. The van der Waals surface area contributed by atoms with Crippen LogP contribution in [0.2, 0.25) is 0 Å². The van der Waals surface area contributed by atoms with Gasteiger partial charge in [-0.1, -0.05) is 0 Å². The highest BCUT2D eigenvalue weighted by Crippen LogP contribution is 2.12. The first-order valence-corrected chi connectivity index (χ1v) is 7.42. The maximum absolute atomic E-state index is 11.2. The highest BCUT2D eigenvalue weighted by atomic mass is 32.2. The lowest BCUT2D eigenvalue weighted by atomic mass is 10.1. The molecule has 0 aromatic carbocycles. The Hall–Kier alpha value is -1.14. The zero-order valence-electron chi connectivity index (χ0n) is 10.3. The minimum Gasteiger partial charge on any atom is -0.467 e. The number of carbonyl (C=O) groups excluding carboxylic acids is 1. The van der Waals surface area contributed by atoms with Crippen LogP contribution in [0.4, 0.5) is 0 Å². The van der Waals surface area contributed by atoms with Crippen molar-refractivity contribution in [1.29, 1.82) is 0 Å². The van der Waals surface area contributed by atoms with E-state index in [0.717, 1.165) is 24.3 Å². The van der Waals surface area contributed by atoms with E-state index in [1.54, 1.807) is 6.07 Å². The van der Waals surface area contributed by atoms with Gasteiger partial charge in [0.05, 0.1) is 19.2 Å². The van der Waals surface area contributed by atoms with Crippen LogP contribution in [0, 0.1) is 0 Å². The lowest BCUT2D eigenvalue weighted by Gasteiger charge is -2.21. The lowest BCUT2D eigenvalue weighted by molar-refractivity contribution is 0.0600. The molecule has 18 heavy (non-hydrogen) atoms. The first-order valence-electron chi connectivity index (χ1n) is 5.93. The predicted molar refractivity (Wildman–Crippen MR) is 67.8 cm³/mol. The zero-order valence-corrected chi connectivity index (χ0v) is 11.1. The third kappa shape index (κ3) is 3.43. The Morgan fingerprint density at radius 3 is 2.94 bits per heavy atom. The lowest BCUT2D eigenvalue weighted by Crippen LogP contribution is -2.35. The minimum atomic E-state index is -0.637. The van der Waals surface area contributed by atoms with Gasteiger partial charge in [0.2, 0.25) is 0 Å². The summed E-state index contributed by atoms with van der Waals surface area (Å²) < 4.78 is 21.1. The fraction of sp³-hybridized carbons (Fsp3) is 0.583. The predicted octanol–water partition coefficient (Wildman–Crippen LogP) is 1.07. The maximum Gasteiger partial charge on any atom is 0.341 e. The van der Waals surface area contributed by atoms with Gasteiger partial charge < -0.3 is 14.5 Å². The van der Waals surface area contributed by atoms with Crippen LogP contribution in [-0.2, 0) is 22.1 Å². The summed E-state index contributed by atoms with van der Waals surface area (Å²) in [6.07, 6.45) is 3.26. The second-order valence-corrected chi connectivity index (χ2v) is 5.99. The molecule has 1 aliphatic rings. The van der Waals surface area contributed by atoms with E-state index in [2.05, 4.69) is 10.1 Å². The fourth-order valence-electron chi connectivity index (χ4n) is 1.94. The Bertz CT molecular complexity index is 433. The van der Waals surface area contributed by atoms with Crippen LogP contribution >= 0.6 is 0 Å². The average Bonchev–Trinajstić information content (AvgIpc) is 2.86. The van der Waals surface area contributed by atoms with Crippen molar-refractivity contribution in [3.05, 3.63) is 23.7 Å². The van der Waals surface area contributed by atoms with Crippen molar-refractivity contribution in [2.45, 2.75) is 25.4 Å². The molecule has 1 aromatic rings. The van der Waals surface area contributed by atoms with Crippen molar-refractivity contribution in [3.63, 3.8) is 0 Å². The average molecular weight is 271 g/mol. The molecule has 0 aliphatic carbocycles. The number of rotatable bonds is 4. The number of nitrogens with one attached hydrogen (secondary N) is 1. The molecule has 1 aromatic heterocycles. The van der Waals surface area contributed by atoms with Gasteiger partial charge in [-0.2, -0.15) is 0 Å². The summed E-state index contributed by atoms with van der Waals surface area (Å²) in [5.41, 5.74) is 0.430. The Morgan fingerprint density at radius 1 is 1.56 bits per heavy atom. The molecule has 1 N–H and O–H groups in total. The number of hydrogen-bond acceptors (Lipinski definition) is 5. The third-order valence-corrected chi connectivity index (χ3v) is 4.41. The monoisotopic (exact) mass is 271 g/mol. The molecule has 1 saturated heterocycles. The van der Waals surface area contributed by atoms with Crippen LogP contribution < -0.4 is 5.32 Å². The number of hydrogen-bond donors (Lipinski definition) is 1. The van der Waals surface area contributed by atoms with Gasteiger partial charge in [-0.25, -0.2) is 4.79 Å². The van der Waals surface area contributed by atoms with E-state index in [0.29, 0.717) is 23.9 Å². The third-order valence-electron chi connectivity index (χ3n) is 3.03.